The molecule has 3 heterocycles. The number of aromatic nitrogens is 3. The smallest absolute Gasteiger partial charge is 0.253 e. The predicted molar refractivity (Wildman–Crippen MR) is 99.4 cm³/mol. The molecule has 1 amide bonds. The highest BCUT2D eigenvalue weighted by Crippen LogP contribution is 2.17. The molecule has 1 saturated heterocycles. The molecule has 2 aromatic rings. The Kier molecular flexibility index (Phi) is 6.36. The van der Waals surface area contributed by atoms with E-state index in [9.17, 15) is 4.79 Å². The highest BCUT2D eigenvalue weighted by atomic mass is 16.5. The van der Waals surface area contributed by atoms with Gasteiger partial charge in [-0.25, -0.2) is 4.98 Å². The fourth-order valence-corrected chi connectivity index (χ4v) is 2.83. The first kappa shape index (κ1) is 19.2. The molecule has 1 fully saturated rings. The van der Waals surface area contributed by atoms with Gasteiger partial charge in [-0.05, 0) is 25.1 Å². The molecule has 0 spiro atoms. The Morgan fingerprint density at radius 3 is 2.96 bits per heavy atom. The summed E-state index contributed by atoms with van der Waals surface area (Å²) in [6.45, 7) is 6.93. The molecule has 0 aromatic carbocycles. The largest absolute Gasteiger partial charge is 0.374 e. The molecule has 3 rings (SSSR count). The van der Waals surface area contributed by atoms with Crippen LogP contribution in [0.3, 0.4) is 0 Å². The number of pyridine rings is 1. The SMILES string of the molecule is CC(C)c1nc(CNC(=O)c2ccc(N3CCO[C@H](CCN)C3)nc2)no1. The van der Waals surface area contributed by atoms with Gasteiger partial charge in [0.1, 0.15) is 5.82 Å². The number of nitrogens with one attached hydrogen (secondary N) is 1. The van der Waals surface area contributed by atoms with E-state index in [1.807, 2.05) is 19.9 Å². The summed E-state index contributed by atoms with van der Waals surface area (Å²) < 4.78 is 10.8. The average Bonchev–Trinajstić information content (AvgIpc) is 3.16. The maximum absolute atomic E-state index is 12.3. The van der Waals surface area contributed by atoms with E-state index in [2.05, 4.69) is 25.3 Å². The molecule has 0 unspecified atom stereocenters. The van der Waals surface area contributed by atoms with Crippen molar-refractivity contribution in [2.24, 2.45) is 5.73 Å². The standard InChI is InChI=1S/C18H26N6O3/c1-12(2)18-22-15(23-27-18)10-21-17(25)13-3-4-16(20-9-13)24-7-8-26-14(11-24)5-6-19/h3-4,9,12,14H,5-8,10-11,19H2,1-2H3,(H,21,25)/t14-/m1/s1. The number of anilines is 1. The third kappa shape index (κ3) is 5.01. The second kappa shape index (κ2) is 8.92. The lowest BCUT2D eigenvalue weighted by molar-refractivity contribution is 0.0366. The number of nitrogens with two attached hydrogens (primary N) is 1. The topological polar surface area (TPSA) is 119 Å². The van der Waals surface area contributed by atoms with Crippen LogP contribution in [0.15, 0.2) is 22.9 Å². The van der Waals surface area contributed by atoms with Crippen molar-refractivity contribution in [2.75, 3.05) is 31.1 Å². The van der Waals surface area contributed by atoms with Gasteiger partial charge >= 0.3 is 0 Å². The van der Waals surface area contributed by atoms with E-state index >= 15 is 0 Å². The first-order valence-electron chi connectivity index (χ1n) is 9.20. The third-order valence-electron chi connectivity index (χ3n) is 4.35. The van der Waals surface area contributed by atoms with Gasteiger partial charge in [0.05, 0.1) is 24.8 Å². The van der Waals surface area contributed by atoms with Crippen LogP contribution in [0.1, 0.15) is 48.3 Å². The number of hydrogen-bond donors (Lipinski definition) is 2. The van der Waals surface area contributed by atoms with E-state index in [4.69, 9.17) is 15.0 Å². The van der Waals surface area contributed by atoms with Crippen LogP contribution >= 0.6 is 0 Å². The number of amides is 1. The minimum atomic E-state index is -0.229. The lowest BCUT2D eigenvalue weighted by Gasteiger charge is -2.33. The second-order valence-corrected chi connectivity index (χ2v) is 6.81. The van der Waals surface area contributed by atoms with E-state index in [-0.39, 0.29) is 24.5 Å². The Labute approximate surface area is 158 Å². The summed E-state index contributed by atoms with van der Waals surface area (Å²) in [6, 6.07) is 3.62. The number of ether oxygens (including phenoxy) is 1. The van der Waals surface area contributed by atoms with Crippen LogP contribution < -0.4 is 16.0 Å². The molecule has 1 aliphatic rings. The van der Waals surface area contributed by atoms with Crippen LogP contribution in [0, 0.1) is 0 Å². The van der Waals surface area contributed by atoms with Crippen molar-refractivity contribution in [1.29, 1.82) is 0 Å². The van der Waals surface area contributed by atoms with E-state index < -0.39 is 0 Å². The van der Waals surface area contributed by atoms with Crippen LogP contribution in [0.4, 0.5) is 5.82 Å². The van der Waals surface area contributed by atoms with E-state index in [0.29, 0.717) is 30.4 Å². The summed E-state index contributed by atoms with van der Waals surface area (Å²) in [5.41, 5.74) is 6.09. The van der Waals surface area contributed by atoms with Gasteiger partial charge in [0.15, 0.2) is 5.82 Å². The molecule has 0 radical (unpaired) electrons. The summed E-state index contributed by atoms with van der Waals surface area (Å²) in [4.78, 5) is 23.1. The van der Waals surface area contributed by atoms with Gasteiger partial charge in [-0.1, -0.05) is 19.0 Å². The molecule has 0 aliphatic carbocycles. The maximum Gasteiger partial charge on any atom is 0.253 e. The molecule has 2 aromatic heterocycles. The number of carbonyl (C=O) groups is 1. The van der Waals surface area contributed by atoms with Crippen LogP contribution in [0.25, 0.3) is 0 Å². The zero-order chi connectivity index (χ0) is 19.2. The first-order valence-corrected chi connectivity index (χ1v) is 9.20. The molecule has 27 heavy (non-hydrogen) atoms. The molecule has 0 saturated carbocycles. The number of rotatable bonds is 7. The Balaban J connectivity index is 1.55. The molecular formula is C18H26N6O3. The minimum Gasteiger partial charge on any atom is -0.374 e. The van der Waals surface area contributed by atoms with Crippen molar-refractivity contribution in [3.63, 3.8) is 0 Å². The van der Waals surface area contributed by atoms with Crippen LogP contribution in [0.5, 0.6) is 0 Å². The van der Waals surface area contributed by atoms with Gasteiger partial charge in [0, 0.05) is 25.2 Å². The number of carbonyl (C=O) groups excluding carboxylic acids is 1. The van der Waals surface area contributed by atoms with Gasteiger partial charge in [-0.2, -0.15) is 4.98 Å². The summed E-state index contributed by atoms with van der Waals surface area (Å²) in [7, 11) is 0. The molecule has 9 nitrogen and oxygen atoms in total. The van der Waals surface area contributed by atoms with Crippen LogP contribution in [0.2, 0.25) is 0 Å². The van der Waals surface area contributed by atoms with Crippen LogP contribution in [-0.4, -0.2) is 53.4 Å². The van der Waals surface area contributed by atoms with Crippen molar-refractivity contribution < 1.29 is 14.1 Å². The summed E-state index contributed by atoms with van der Waals surface area (Å²) in [5.74, 6) is 1.77. The van der Waals surface area contributed by atoms with Gasteiger partial charge < -0.3 is 25.2 Å². The third-order valence-corrected chi connectivity index (χ3v) is 4.35. The number of hydrogen-bond acceptors (Lipinski definition) is 8. The summed E-state index contributed by atoms with van der Waals surface area (Å²) in [5, 5.41) is 6.64. The van der Waals surface area contributed by atoms with E-state index in [1.165, 1.54) is 0 Å². The molecule has 146 valence electrons. The van der Waals surface area contributed by atoms with Gasteiger partial charge in [-0.15, -0.1) is 0 Å². The lowest BCUT2D eigenvalue weighted by atomic mass is 10.2. The first-order chi connectivity index (χ1) is 13.1. The van der Waals surface area contributed by atoms with Crippen molar-refractivity contribution in [3.05, 3.63) is 35.6 Å². The molecule has 0 bridgehead atoms. The quantitative estimate of drug-likeness (QED) is 0.739. The lowest BCUT2D eigenvalue weighted by Crippen LogP contribution is -2.43. The fourth-order valence-electron chi connectivity index (χ4n) is 2.83. The molecule has 1 atom stereocenters. The molecule has 9 heteroatoms. The Morgan fingerprint density at radius 1 is 1.44 bits per heavy atom. The van der Waals surface area contributed by atoms with Crippen LogP contribution in [-0.2, 0) is 11.3 Å². The molecule has 3 N–H and O–H groups in total. The number of morpholine rings is 1. The predicted octanol–water partition coefficient (Wildman–Crippen LogP) is 1.07. The van der Waals surface area contributed by atoms with Gasteiger partial charge in [0.2, 0.25) is 5.89 Å². The summed E-state index contributed by atoms with van der Waals surface area (Å²) >= 11 is 0. The Hall–Kier alpha value is -2.52. The normalized spacial score (nSPS) is 17.3. The maximum atomic E-state index is 12.3. The van der Waals surface area contributed by atoms with E-state index in [1.54, 1.807) is 12.3 Å². The van der Waals surface area contributed by atoms with E-state index in [0.717, 1.165) is 25.3 Å². The Bertz CT molecular complexity index is 744. The fraction of sp³-hybridized carbons (Fsp3) is 0.556. The summed E-state index contributed by atoms with van der Waals surface area (Å²) in [6.07, 6.45) is 2.53. The van der Waals surface area contributed by atoms with Crippen molar-refractivity contribution in [1.82, 2.24) is 20.4 Å². The molecule has 1 aliphatic heterocycles. The monoisotopic (exact) mass is 374 g/mol. The van der Waals surface area contributed by atoms with Gasteiger partial charge in [-0.3, -0.25) is 4.79 Å². The molecular weight excluding hydrogens is 348 g/mol. The average molecular weight is 374 g/mol. The highest BCUT2D eigenvalue weighted by Gasteiger charge is 2.21. The zero-order valence-corrected chi connectivity index (χ0v) is 15.7. The minimum absolute atomic E-state index is 0.124. The van der Waals surface area contributed by atoms with Crippen molar-refractivity contribution >= 4 is 11.7 Å². The highest BCUT2D eigenvalue weighted by molar-refractivity contribution is 5.93. The second-order valence-electron chi connectivity index (χ2n) is 6.81. The Morgan fingerprint density at radius 2 is 2.30 bits per heavy atom. The van der Waals surface area contributed by atoms with Crippen molar-refractivity contribution in [2.45, 2.75) is 38.8 Å². The zero-order valence-electron chi connectivity index (χ0n) is 15.7. The van der Waals surface area contributed by atoms with Crippen molar-refractivity contribution in [3.8, 4) is 0 Å². The number of nitrogens with zero attached hydrogens (tertiary/aromatic N) is 4. The van der Waals surface area contributed by atoms with Gasteiger partial charge in [0.25, 0.3) is 5.91 Å².